The SMILES string of the molecule is c1ccc(-n2cnnc2SCc2nc3ccccc3[nH]2)cc1. The third kappa shape index (κ3) is 2.48. The van der Waals surface area contributed by atoms with E-state index < -0.39 is 0 Å². The molecule has 0 fully saturated rings. The van der Waals surface area contributed by atoms with Gasteiger partial charge in [0.25, 0.3) is 0 Å². The fraction of sp³-hybridized carbons (Fsp3) is 0.0625. The summed E-state index contributed by atoms with van der Waals surface area (Å²) in [5.41, 5.74) is 3.10. The number of hydrogen-bond acceptors (Lipinski definition) is 4. The standard InChI is InChI=1S/C16H13N5S/c1-2-6-12(7-3-1)21-11-17-20-16(21)22-10-15-18-13-8-4-5-9-14(13)19-15/h1-9,11H,10H2,(H,18,19). The minimum atomic E-state index is 0.722. The van der Waals surface area contributed by atoms with Crippen LogP contribution in [-0.2, 0) is 5.75 Å². The zero-order chi connectivity index (χ0) is 14.8. The van der Waals surface area contributed by atoms with E-state index in [-0.39, 0.29) is 0 Å². The molecular weight excluding hydrogens is 294 g/mol. The highest BCUT2D eigenvalue weighted by atomic mass is 32.2. The van der Waals surface area contributed by atoms with Crippen LogP contribution in [0.15, 0.2) is 66.1 Å². The number of H-pyrrole nitrogens is 1. The number of rotatable bonds is 4. The minimum absolute atomic E-state index is 0.722. The van der Waals surface area contributed by atoms with Crippen LogP contribution in [0.25, 0.3) is 16.7 Å². The first-order chi connectivity index (χ1) is 10.9. The second-order valence-corrected chi connectivity index (χ2v) is 5.75. The van der Waals surface area contributed by atoms with Crippen molar-refractivity contribution in [1.29, 1.82) is 0 Å². The molecule has 4 rings (SSSR count). The number of fused-ring (bicyclic) bond motifs is 1. The number of thioether (sulfide) groups is 1. The average molecular weight is 307 g/mol. The molecule has 6 heteroatoms. The number of aromatic amines is 1. The number of nitrogens with zero attached hydrogens (tertiary/aromatic N) is 4. The molecule has 2 aromatic carbocycles. The molecule has 0 spiro atoms. The van der Waals surface area contributed by atoms with Crippen LogP contribution in [0.3, 0.4) is 0 Å². The fourth-order valence-electron chi connectivity index (χ4n) is 2.30. The lowest BCUT2D eigenvalue weighted by atomic mass is 10.3. The van der Waals surface area contributed by atoms with E-state index in [0.717, 1.165) is 33.5 Å². The Morgan fingerprint density at radius 2 is 1.82 bits per heavy atom. The van der Waals surface area contributed by atoms with Crippen LogP contribution in [0.1, 0.15) is 5.82 Å². The summed E-state index contributed by atoms with van der Waals surface area (Å²) >= 11 is 1.61. The Morgan fingerprint density at radius 3 is 2.68 bits per heavy atom. The fourth-order valence-corrected chi connectivity index (χ4v) is 3.09. The van der Waals surface area contributed by atoms with Gasteiger partial charge in [0, 0.05) is 5.69 Å². The summed E-state index contributed by atoms with van der Waals surface area (Å²) in [5.74, 6) is 1.66. The summed E-state index contributed by atoms with van der Waals surface area (Å²) in [6.45, 7) is 0. The maximum absolute atomic E-state index is 4.58. The molecule has 0 unspecified atom stereocenters. The van der Waals surface area contributed by atoms with Crippen molar-refractivity contribution in [2.45, 2.75) is 10.9 Å². The van der Waals surface area contributed by atoms with Gasteiger partial charge in [-0.3, -0.25) is 4.57 Å². The van der Waals surface area contributed by atoms with Gasteiger partial charge >= 0.3 is 0 Å². The number of nitrogens with one attached hydrogen (secondary N) is 1. The van der Waals surface area contributed by atoms with E-state index in [2.05, 4.69) is 20.2 Å². The lowest BCUT2D eigenvalue weighted by Crippen LogP contribution is -1.95. The lowest BCUT2D eigenvalue weighted by molar-refractivity contribution is 0.882. The van der Waals surface area contributed by atoms with Crippen LogP contribution < -0.4 is 0 Å². The Balaban J connectivity index is 1.56. The number of imidazole rings is 1. The maximum atomic E-state index is 4.58. The molecule has 0 bridgehead atoms. The van der Waals surface area contributed by atoms with Gasteiger partial charge in [-0.25, -0.2) is 4.98 Å². The average Bonchev–Trinajstić information content (AvgIpc) is 3.20. The number of para-hydroxylation sites is 3. The van der Waals surface area contributed by atoms with Crippen molar-refractivity contribution in [3.05, 3.63) is 66.7 Å². The van der Waals surface area contributed by atoms with E-state index in [0.29, 0.717) is 0 Å². The van der Waals surface area contributed by atoms with Crippen molar-refractivity contribution in [3.8, 4) is 5.69 Å². The van der Waals surface area contributed by atoms with Gasteiger partial charge in [-0.1, -0.05) is 42.1 Å². The second-order valence-electron chi connectivity index (χ2n) is 4.81. The van der Waals surface area contributed by atoms with E-state index in [1.165, 1.54) is 0 Å². The highest BCUT2D eigenvalue weighted by Gasteiger charge is 2.09. The monoisotopic (exact) mass is 307 g/mol. The van der Waals surface area contributed by atoms with Gasteiger partial charge in [-0.15, -0.1) is 10.2 Å². The minimum Gasteiger partial charge on any atom is -0.341 e. The van der Waals surface area contributed by atoms with Gasteiger partial charge in [0.05, 0.1) is 16.8 Å². The van der Waals surface area contributed by atoms with Crippen molar-refractivity contribution in [3.63, 3.8) is 0 Å². The molecule has 0 atom stereocenters. The highest BCUT2D eigenvalue weighted by Crippen LogP contribution is 2.23. The van der Waals surface area contributed by atoms with Crippen LogP contribution in [0.4, 0.5) is 0 Å². The van der Waals surface area contributed by atoms with Crippen LogP contribution in [0.5, 0.6) is 0 Å². The zero-order valence-corrected chi connectivity index (χ0v) is 12.5. The van der Waals surface area contributed by atoms with Crippen molar-refractivity contribution >= 4 is 22.8 Å². The summed E-state index contributed by atoms with van der Waals surface area (Å²) in [7, 11) is 0. The first-order valence-electron chi connectivity index (χ1n) is 6.92. The van der Waals surface area contributed by atoms with Gasteiger partial charge in [0.2, 0.25) is 0 Å². The lowest BCUT2D eigenvalue weighted by Gasteiger charge is -2.04. The first kappa shape index (κ1) is 13.1. The predicted octanol–water partition coefficient (Wildman–Crippen LogP) is 3.44. The van der Waals surface area contributed by atoms with Crippen molar-refractivity contribution < 1.29 is 0 Å². The smallest absolute Gasteiger partial charge is 0.196 e. The third-order valence-corrected chi connectivity index (χ3v) is 4.28. The van der Waals surface area contributed by atoms with Crippen LogP contribution in [0.2, 0.25) is 0 Å². The molecule has 2 heterocycles. The normalized spacial score (nSPS) is 11.1. The predicted molar refractivity (Wildman–Crippen MR) is 87.0 cm³/mol. The van der Waals surface area contributed by atoms with Crippen LogP contribution >= 0.6 is 11.8 Å². The van der Waals surface area contributed by atoms with Crippen molar-refractivity contribution in [1.82, 2.24) is 24.7 Å². The van der Waals surface area contributed by atoms with Crippen LogP contribution in [-0.4, -0.2) is 24.7 Å². The Bertz CT molecular complexity index is 864. The van der Waals surface area contributed by atoms with E-state index in [4.69, 9.17) is 0 Å². The molecule has 5 nitrogen and oxygen atoms in total. The Morgan fingerprint density at radius 1 is 1.00 bits per heavy atom. The number of benzene rings is 2. The molecule has 2 aromatic heterocycles. The van der Waals surface area contributed by atoms with E-state index in [9.17, 15) is 0 Å². The first-order valence-corrected chi connectivity index (χ1v) is 7.90. The largest absolute Gasteiger partial charge is 0.341 e. The van der Waals surface area contributed by atoms with Crippen LogP contribution in [0, 0.1) is 0 Å². The molecular formula is C16H13N5S. The van der Waals surface area contributed by atoms with Gasteiger partial charge in [-0.2, -0.15) is 0 Å². The van der Waals surface area contributed by atoms with E-state index in [1.807, 2.05) is 59.2 Å². The van der Waals surface area contributed by atoms with Crippen molar-refractivity contribution in [2.75, 3.05) is 0 Å². The van der Waals surface area contributed by atoms with Gasteiger partial charge in [0.1, 0.15) is 12.2 Å². The Hall–Kier alpha value is -2.60. The molecule has 1 N–H and O–H groups in total. The topological polar surface area (TPSA) is 59.4 Å². The van der Waals surface area contributed by atoms with Gasteiger partial charge in [0.15, 0.2) is 5.16 Å². The third-order valence-electron chi connectivity index (χ3n) is 3.33. The maximum Gasteiger partial charge on any atom is 0.196 e. The summed E-state index contributed by atoms with van der Waals surface area (Å²) in [6, 6.07) is 18.1. The summed E-state index contributed by atoms with van der Waals surface area (Å²) < 4.78 is 1.98. The molecule has 4 aromatic rings. The molecule has 0 saturated heterocycles. The zero-order valence-electron chi connectivity index (χ0n) is 11.7. The Labute approximate surface area is 131 Å². The molecule has 0 aliphatic carbocycles. The quantitative estimate of drug-likeness (QED) is 0.587. The molecule has 108 valence electrons. The van der Waals surface area contributed by atoms with Crippen molar-refractivity contribution in [2.24, 2.45) is 0 Å². The molecule has 0 aliphatic rings. The van der Waals surface area contributed by atoms with E-state index in [1.54, 1.807) is 18.1 Å². The summed E-state index contributed by atoms with van der Waals surface area (Å²) in [6.07, 6.45) is 1.73. The summed E-state index contributed by atoms with van der Waals surface area (Å²) in [5, 5.41) is 9.06. The number of aromatic nitrogens is 5. The van der Waals surface area contributed by atoms with Gasteiger partial charge < -0.3 is 4.98 Å². The molecule has 0 amide bonds. The molecule has 0 saturated carbocycles. The number of hydrogen-bond donors (Lipinski definition) is 1. The molecule has 0 radical (unpaired) electrons. The highest BCUT2D eigenvalue weighted by molar-refractivity contribution is 7.98. The Kier molecular flexibility index (Phi) is 3.36. The second kappa shape index (κ2) is 5.65. The molecule has 0 aliphatic heterocycles. The summed E-state index contributed by atoms with van der Waals surface area (Å²) in [4.78, 5) is 7.91. The molecule has 22 heavy (non-hydrogen) atoms. The van der Waals surface area contributed by atoms with Gasteiger partial charge in [-0.05, 0) is 24.3 Å². The van der Waals surface area contributed by atoms with E-state index >= 15 is 0 Å².